The smallest absolute Gasteiger partial charge is 0.134 e. The number of carbonyl (C=O) groups is 1. The number of Topliss-reactive ketones (excluding diaryl/α,β-unsaturated/α-hetero) is 1. The minimum Gasteiger partial charge on any atom is -0.316 e. The van der Waals surface area contributed by atoms with Gasteiger partial charge < -0.3 is 5.32 Å². The lowest BCUT2D eigenvalue weighted by Crippen LogP contribution is -2.19. The van der Waals surface area contributed by atoms with Gasteiger partial charge in [-0.05, 0) is 19.4 Å². The van der Waals surface area contributed by atoms with Crippen LogP contribution in [-0.2, 0) is 4.79 Å². The predicted molar refractivity (Wildman–Crippen MR) is 54.8 cm³/mol. The third-order valence-electron chi connectivity index (χ3n) is 2.64. The quantitative estimate of drug-likeness (QED) is 0.624. The molecule has 0 aliphatic carbocycles. The SMILES string of the molecule is O=C1CCCCCCCCNCC1. The van der Waals surface area contributed by atoms with Crippen molar-refractivity contribution >= 4 is 5.78 Å². The molecule has 1 heterocycles. The maximum absolute atomic E-state index is 11.3. The Morgan fingerprint density at radius 2 is 1.46 bits per heavy atom. The van der Waals surface area contributed by atoms with Gasteiger partial charge in [-0.25, -0.2) is 0 Å². The monoisotopic (exact) mass is 183 g/mol. The van der Waals surface area contributed by atoms with Crippen LogP contribution in [0, 0.1) is 0 Å². The maximum atomic E-state index is 11.3. The van der Waals surface area contributed by atoms with E-state index in [0.29, 0.717) is 5.78 Å². The average molecular weight is 183 g/mol. The number of ketones is 1. The van der Waals surface area contributed by atoms with E-state index in [-0.39, 0.29) is 0 Å². The molecule has 0 spiro atoms. The zero-order chi connectivity index (χ0) is 9.36. The summed E-state index contributed by atoms with van der Waals surface area (Å²) in [6.07, 6.45) is 9.18. The highest BCUT2D eigenvalue weighted by Gasteiger charge is 2.02. The maximum Gasteiger partial charge on any atom is 0.134 e. The van der Waals surface area contributed by atoms with Crippen LogP contribution in [0.1, 0.15) is 51.4 Å². The van der Waals surface area contributed by atoms with Crippen molar-refractivity contribution in [1.29, 1.82) is 0 Å². The summed E-state index contributed by atoms with van der Waals surface area (Å²) in [5.74, 6) is 0.438. The third kappa shape index (κ3) is 5.81. The Bertz CT molecular complexity index is 131. The van der Waals surface area contributed by atoms with Gasteiger partial charge in [0.25, 0.3) is 0 Å². The van der Waals surface area contributed by atoms with Gasteiger partial charge in [0.1, 0.15) is 5.78 Å². The zero-order valence-electron chi connectivity index (χ0n) is 8.48. The molecule has 13 heavy (non-hydrogen) atoms. The van der Waals surface area contributed by atoms with Gasteiger partial charge in [-0.1, -0.05) is 25.7 Å². The van der Waals surface area contributed by atoms with Gasteiger partial charge in [0, 0.05) is 19.4 Å². The van der Waals surface area contributed by atoms with Gasteiger partial charge in [0.2, 0.25) is 0 Å². The van der Waals surface area contributed by atoms with Crippen molar-refractivity contribution in [1.82, 2.24) is 5.32 Å². The highest BCUT2D eigenvalue weighted by molar-refractivity contribution is 5.78. The first kappa shape index (κ1) is 10.7. The van der Waals surface area contributed by atoms with Crippen LogP contribution in [0.3, 0.4) is 0 Å². The summed E-state index contributed by atoms with van der Waals surface area (Å²) in [5.41, 5.74) is 0. The van der Waals surface area contributed by atoms with E-state index < -0.39 is 0 Å². The number of nitrogens with one attached hydrogen (secondary N) is 1. The second kappa shape index (κ2) is 7.07. The van der Waals surface area contributed by atoms with Gasteiger partial charge in [-0.3, -0.25) is 4.79 Å². The van der Waals surface area contributed by atoms with Crippen LogP contribution in [-0.4, -0.2) is 18.9 Å². The van der Waals surface area contributed by atoms with Crippen LogP contribution >= 0.6 is 0 Å². The molecule has 0 unspecified atom stereocenters. The molecular formula is C11H21NO. The summed E-state index contributed by atoms with van der Waals surface area (Å²) in [6.45, 7) is 1.98. The molecule has 1 N–H and O–H groups in total. The van der Waals surface area contributed by atoms with E-state index in [1.165, 1.54) is 32.1 Å². The molecule has 2 nitrogen and oxygen atoms in total. The molecule has 0 aromatic rings. The van der Waals surface area contributed by atoms with Crippen molar-refractivity contribution in [3.63, 3.8) is 0 Å². The molecule has 0 bridgehead atoms. The fourth-order valence-corrected chi connectivity index (χ4v) is 1.76. The molecule has 1 aliphatic rings. The summed E-state index contributed by atoms with van der Waals surface area (Å²) in [7, 11) is 0. The third-order valence-corrected chi connectivity index (χ3v) is 2.64. The van der Waals surface area contributed by atoms with E-state index in [2.05, 4.69) is 5.32 Å². The van der Waals surface area contributed by atoms with Crippen LogP contribution in [0.15, 0.2) is 0 Å². The molecule has 1 fully saturated rings. The number of carbonyl (C=O) groups excluding carboxylic acids is 1. The summed E-state index contributed by atoms with van der Waals surface area (Å²) in [5, 5.41) is 3.31. The largest absolute Gasteiger partial charge is 0.316 e. The molecule has 0 aromatic heterocycles. The lowest BCUT2D eigenvalue weighted by molar-refractivity contribution is -0.119. The molecule has 0 amide bonds. The molecule has 2 heteroatoms. The highest BCUT2D eigenvalue weighted by Crippen LogP contribution is 2.08. The fraction of sp³-hybridized carbons (Fsp3) is 0.909. The van der Waals surface area contributed by atoms with E-state index in [4.69, 9.17) is 0 Å². The van der Waals surface area contributed by atoms with Gasteiger partial charge in [-0.15, -0.1) is 0 Å². The van der Waals surface area contributed by atoms with E-state index in [0.717, 1.165) is 32.4 Å². The van der Waals surface area contributed by atoms with Crippen molar-refractivity contribution in [3.8, 4) is 0 Å². The van der Waals surface area contributed by atoms with Gasteiger partial charge in [0.05, 0.1) is 0 Å². The molecule has 1 saturated heterocycles. The van der Waals surface area contributed by atoms with E-state index >= 15 is 0 Å². The molecular weight excluding hydrogens is 162 g/mol. The molecule has 1 rings (SSSR count). The Hall–Kier alpha value is -0.370. The second-order valence-electron chi connectivity index (χ2n) is 3.91. The average Bonchev–Trinajstić information content (AvgIpc) is 2.11. The van der Waals surface area contributed by atoms with Crippen molar-refractivity contribution < 1.29 is 4.79 Å². The van der Waals surface area contributed by atoms with Crippen LogP contribution in [0.2, 0.25) is 0 Å². The molecule has 0 radical (unpaired) electrons. The fourth-order valence-electron chi connectivity index (χ4n) is 1.76. The highest BCUT2D eigenvalue weighted by atomic mass is 16.1. The van der Waals surface area contributed by atoms with Crippen LogP contribution in [0.25, 0.3) is 0 Å². The zero-order valence-corrected chi connectivity index (χ0v) is 8.48. The topological polar surface area (TPSA) is 29.1 Å². The van der Waals surface area contributed by atoms with Gasteiger partial charge >= 0.3 is 0 Å². The Balaban J connectivity index is 2.14. The number of hydrogen-bond acceptors (Lipinski definition) is 2. The van der Waals surface area contributed by atoms with Gasteiger partial charge in [0.15, 0.2) is 0 Å². The molecule has 1 aliphatic heterocycles. The van der Waals surface area contributed by atoms with Crippen molar-refractivity contribution in [2.75, 3.05) is 13.1 Å². The normalized spacial score (nSPS) is 23.2. The summed E-state index contributed by atoms with van der Waals surface area (Å²) in [6, 6.07) is 0. The second-order valence-corrected chi connectivity index (χ2v) is 3.91. The molecule has 0 aromatic carbocycles. The Labute approximate surface area is 81.1 Å². The van der Waals surface area contributed by atoms with E-state index in [1.54, 1.807) is 0 Å². The van der Waals surface area contributed by atoms with E-state index in [9.17, 15) is 4.79 Å². The number of hydrogen-bond donors (Lipinski definition) is 1. The minimum absolute atomic E-state index is 0.438. The van der Waals surface area contributed by atoms with Gasteiger partial charge in [-0.2, -0.15) is 0 Å². The minimum atomic E-state index is 0.438. The predicted octanol–water partition coefficient (Wildman–Crippen LogP) is 2.28. The standard InChI is InChI=1S/C11H21NO/c13-11-7-5-3-1-2-4-6-9-12-10-8-11/h12H,1-10H2. The Morgan fingerprint density at radius 1 is 0.769 bits per heavy atom. The van der Waals surface area contributed by atoms with Crippen molar-refractivity contribution in [3.05, 3.63) is 0 Å². The molecule has 0 saturated carbocycles. The molecule has 0 atom stereocenters. The van der Waals surface area contributed by atoms with Crippen molar-refractivity contribution in [2.45, 2.75) is 51.4 Å². The lowest BCUT2D eigenvalue weighted by Gasteiger charge is -2.07. The van der Waals surface area contributed by atoms with Crippen LogP contribution in [0.5, 0.6) is 0 Å². The first-order valence-corrected chi connectivity index (χ1v) is 5.62. The first-order valence-electron chi connectivity index (χ1n) is 5.62. The van der Waals surface area contributed by atoms with Crippen molar-refractivity contribution in [2.24, 2.45) is 0 Å². The van der Waals surface area contributed by atoms with Crippen LogP contribution in [0.4, 0.5) is 0 Å². The lowest BCUT2D eigenvalue weighted by atomic mass is 10.1. The Kier molecular flexibility index (Phi) is 5.83. The summed E-state index contributed by atoms with van der Waals surface area (Å²) in [4.78, 5) is 11.3. The number of rotatable bonds is 0. The summed E-state index contributed by atoms with van der Waals surface area (Å²) >= 11 is 0. The van der Waals surface area contributed by atoms with Crippen LogP contribution < -0.4 is 5.32 Å². The molecule has 76 valence electrons. The summed E-state index contributed by atoms with van der Waals surface area (Å²) < 4.78 is 0. The first-order chi connectivity index (χ1) is 6.39. The van der Waals surface area contributed by atoms with E-state index in [1.807, 2.05) is 0 Å². The Morgan fingerprint density at radius 3 is 2.31 bits per heavy atom.